The van der Waals surface area contributed by atoms with Gasteiger partial charge in [-0.25, -0.2) is 0 Å². The van der Waals surface area contributed by atoms with Crippen LogP contribution in [0, 0.1) is 0 Å². The van der Waals surface area contributed by atoms with Crippen molar-refractivity contribution in [2.24, 2.45) is 0 Å². The summed E-state index contributed by atoms with van der Waals surface area (Å²) in [5.41, 5.74) is 2.12. The third-order valence-electron chi connectivity index (χ3n) is 3.13. The minimum Gasteiger partial charge on any atom is -0.337 e. The summed E-state index contributed by atoms with van der Waals surface area (Å²) in [4.78, 5) is 0. The van der Waals surface area contributed by atoms with Crippen molar-refractivity contribution < 1.29 is 0 Å². The summed E-state index contributed by atoms with van der Waals surface area (Å²) >= 11 is 12.5. The van der Waals surface area contributed by atoms with Crippen LogP contribution < -0.4 is 5.32 Å². The molecule has 1 aliphatic rings. The fourth-order valence-electron chi connectivity index (χ4n) is 2.35. The van der Waals surface area contributed by atoms with Gasteiger partial charge in [-0.3, -0.25) is 5.32 Å². The van der Waals surface area contributed by atoms with Gasteiger partial charge in [0.1, 0.15) is 0 Å². The van der Waals surface area contributed by atoms with Crippen LogP contribution in [0.5, 0.6) is 0 Å². The fraction of sp³-hybridized carbons (Fsp3) is 0.333. The minimum absolute atomic E-state index is 0.362. The molecule has 1 aromatic heterocycles. The molecule has 16 heavy (non-hydrogen) atoms. The molecule has 0 saturated heterocycles. The van der Waals surface area contributed by atoms with E-state index in [2.05, 4.69) is 35.0 Å². The Labute approximate surface area is 104 Å². The number of aromatic nitrogens is 1. The molecule has 1 atom stereocenters. The molecule has 0 amide bonds. The Morgan fingerprint density at radius 2 is 2.12 bits per heavy atom. The lowest BCUT2D eigenvalue weighted by molar-refractivity contribution is 0.406. The predicted molar refractivity (Wildman–Crippen MR) is 68.0 cm³/mol. The maximum atomic E-state index is 6.27. The molecule has 0 bridgehead atoms. The van der Waals surface area contributed by atoms with Crippen LogP contribution >= 0.6 is 23.2 Å². The van der Waals surface area contributed by atoms with Gasteiger partial charge in [-0.2, -0.15) is 0 Å². The van der Waals surface area contributed by atoms with E-state index in [1.807, 2.05) is 12.1 Å². The summed E-state index contributed by atoms with van der Waals surface area (Å²) < 4.78 is 1.23. The molecule has 0 aliphatic carbocycles. The molecule has 0 spiro atoms. The highest BCUT2D eigenvalue weighted by atomic mass is 35.5. The topological polar surface area (TPSA) is 17.0 Å². The zero-order valence-corrected chi connectivity index (χ0v) is 10.4. The molecule has 1 aromatic carbocycles. The number of para-hydroxylation sites is 1. The Balaban J connectivity index is 2.36. The first-order valence-electron chi connectivity index (χ1n) is 5.33. The average Bonchev–Trinajstić information content (AvgIpc) is 2.65. The van der Waals surface area contributed by atoms with Crippen molar-refractivity contribution in [1.82, 2.24) is 9.88 Å². The molecule has 2 heterocycles. The summed E-state index contributed by atoms with van der Waals surface area (Å²) in [7, 11) is 0. The monoisotopic (exact) mass is 254 g/mol. The minimum atomic E-state index is -0.981. The number of halogens is 2. The zero-order valence-electron chi connectivity index (χ0n) is 8.87. The summed E-state index contributed by atoms with van der Waals surface area (Å²) in [6, 6.07) is 10.7. The van der Waals surface area contributed by atoms with Gasteiger partial charge in [-0.15, -0.1) is 0 Å². The van der Waals surface area contributed by atoms with Gasteiger partial charge in [0.2, 0.25) is 4.46 Å². The number of hydrogen-bond donors (Lipinski definition) is 1. The van der Waals surface area contributed by atoms with Gasteiger partial charge in [0.15, 0.2) is 0 Å². The van der Waals surface area contributed by atoms with E-state index in [-0.39, 0.29) is 0 Å². The van der Waals surface area contributed by atoms with E-state index in [9.17, 15) is 0 Å². The summed E-state index contributed by atoms with van der Waals surface area (Å²) in [6.45, 7) is 2.94. The Morgan fingerprint density at radius 1 is 1.38 bits per heavy atom. The van der Waals surface area contributed by atoms with Crippen LogP contribution in [0.25, 0.3) is 10.9 Å². The van der Waals surface area contributed by atoms with Crippen LogP contribution in [0.3, 0.4) is 0 Å². The Kier molecular flexibility index (Phi) is 2.22. The highest BCUT2D eigenvalue weighted by Gasteiger charge is 2.36. The second-order valence-corrected chi connectivity index (χ2v) is 5.59. The van der Waals surface area contributed by atoms with Crippen molar-refractivity contribution in [3.05, 3.63) is 36.0 Å². The normalized spacial score (nSPS) is 23.3. The molecule has 1 N–H and O–H groups in total. The number of rotatable bonds is 0. The molecule has 1 aliphatic heterocycles. The van der Waals surface area contributed by atoms with Crippen molar-refractivity contribution in [2.75, 3.05) is 6.54 Å². The van der Waals surface area contributed by atoms with Gasteiger partial charge in [0.05, 0.1) is 5.69 Å². The summed E-state index contributed by atoms with van der Waals surface area (Å²) in [6.07, 6.45) is 0. The van der Waals surface area contributed by atoms with Crippen LogP contribution in [0.4, 0.5) is 0 Å². The van der Waals surface area contributed by atoms with E-state index in [0.29, 0.717) is 6.04 Å². The zero-order chi connectivity index (χ0) is 11.3. The molecule has 2 aromatic rings. The van der Waals surface area contributed by atoms with Crippen LogP contribution in [-0.2, 0) is 4.46 Å². The average molecular weight is 255 g/mol. The number of hydrogen-bond acceptors (Lipinski definition) is 1. The molecule has 3 rings (SSSR count). The number of nitrogens with one attached hydrogen (secondary N) is 1. The van der Waals surface area contributed by atoms with Crippen LogP contribution in [-0.4, -0.2) is 11.1 Å². The van der Waals surface area contributed by atoms with Gasteiger partial charge in [-0.05, 0) is 19.1 Å². The quantitative estimate of drug-likeness (QED) is 0.564. The van der Waals surface area contributed by atoms with E-state index in [1.165, 1.54) is 10.9 Å². The van der Waals surface area contributed by atoms with Gasteiger partial charge < -0.3 is 4.57 Å². The number of fused-ring (bicyclic) bond motifs is 3. The van der Waals surface area contributed by atoms with Gasteiger partial charge >= 0.3 is 0 Å². The molecule has 4 heteroatoms. The van der Waals surface area contributed by atoms with Gasteiger partial charge in [0.25, 0.3) is 0 Å². The molecule has 1 unspecified atom stereocenters. The highest BCUT2D eigenvalue weighted by molar-refractivity contribution is 6.47. The van der Waals surface area contributed by atoms with Crippen LogP contribution in [0.1, 0.15) is 18.7 Å². The second-order valence-electron chi connectivity index (χ2n) is 4.26. The van der Waals surface area contributed by atoms with Gasteiger partial charge in [-0.1, -0.05) is 41.4 Å². The molecule has 84 valence electrons. The molecular weight excluding hydrogens is 243 g/mol. The van der Waals surface area contributed by atoms with E-state index < -0.39 is 4.46 Å². The Hall–Kier alpha value is -0.700. The molecule has 0 fully saturated rings. The predicted octanol–water partition coefficient (Wildman–Crippen LogP) is 3.39. The lowest BCUT2D eigenvalue weighted by Gasteiger charge is -2.33. The summed E-state index contributed by atoms with van der Waals surface area (Å²) in [5, 5.41) is 4.31. The number of alkyl halides is 2. The van der Waals surface area contributed by atoms with E-state index >= 15 is 0 Å². The first-order chi connectivity index (χ1) is 7.59. The SMILES string of the molecule is CC1CNC(Cl)(Cl)c2cc3ccccc3n21. The maximum Gasteiger partial charge on any atom is 0.209 e. The number of nitrogens with zero attached hydrogens (tertiary/aromatic N) is 1. The van der Waals surface area contributed by atoms with Crippen molar-refractivity contribution in [3.8, 4) is 0 Å². The van der Waals surface area contributed by atoms with Crippen molar-refractivity contribution >= 4 is 34.1 Å². The highest BCUT2D eigenvalue weighted by Crippen LogP contribution is 2.39. The Bertz CT molecular complexity index is 545. The van der Waals surface area contributed by atoms with E-state index in [1.54, 1.807) is 0 Å². The van der Waals surface area contributed by atoms with Crippen molar-refractivity contribution in [3.63, 3.8) is 0 Å². The Morgan fingerprint density at radius 3 is 2.94 bits per heavy atom. The van der Waals surface area contributed by atoms with Crippen LogP contribution in [0.15, 0.2) is 30.3 Å². The van der Waals surface area contributed by atoms with Gasteiger partial charge in [0, 0.05) is 23.5 Å². The smallest absolute Gasteiger partial charge is 0.209 e. The second kappa shape index (κ2) is 3.39. The first-order valence-corrected chi connectivity index (χ1v) is 6.08. The molecule has 0 radical (unpaired) electrons. The van der Waals surface area contributed by atoms with Crippen molar-refractivity contribution in [2.45, 2.75) is 17.4 Å². The first kappa shape index (κ1) is 10.5. The van der Waals surface area contributed by atoms with E-state index in [0.717, 1.165) is 12.2 Å². The van der Waals surface area contributed by atoms with Crippen molar-refractivity contribution in [1.29, 1.82) is 0 Å². The lowest BCUT2D eigenvalue weighted by atomic mass is 10.2. The van der Waals surface area contributed by atoms with Crippen LogP contribution in [0.2, 0.25) is 0 Å². The molecular formula is C12H12Cl2N2. The number of benzene rings is 1. The third-order valence-corrected chi connectivity index (χ3v) is 3.78. The standard InChI is InChI=1S/C12H12Cl2N2/c1-8-7-15-12(13,14)11-6-9-4-2-3-5-10(9)16(8)11/h2-6,8,15H,7H2,1H3. The summed E-state index contributed by atoms with van der Waals surface area (Å²) in [5.74, 6) is 0. The molecule has 0 saturated carbocycles. The van der Waals surface area contributed by atoms with E-state index in [4.69, 9.17) is 23.2 Å². The lowest BCUT2D eigenvalue weighted by Crippen LogP contribution is -2.42. The fourth-order valence-corrected chi connectivity index (χ4v) is 2.80. The third kappa shape index (κ3) is 1.37. The maximum absolute atomic E-state index is 6.27. The molecule has 2 nitrogen and oxygen atoms in total. The largest absolute Gasteiger partial charge is 0.337 e.